The summed E-state index contributed by atoms with van der Waals surface area (Å²) >= 11 is 0. The van der Waals surface area contributed by atoms with Crippen LogP contribution in [0.25, 0.3) is 0 Å². The Morgan fingerprint density at radius 2 is 1.33 bits per heavy atom. The predicted octanol–water partition coefficient (Wildman–Crippen LogP) is 5.25. The molecular formula is C19H43NO. The van der Waals surface area contributed by atoms with Gasteiger partial charge in [-0.1, -0.05) is 48.5 Å². The van der Waals surface area contributed by atoms with Crippen LogP contribution in [0, 0.1) is 17.8 Å². The summed E-state index contributed by atoms with van der Waals surface area (Å²) in [5.74, 6) is 1.67. The van der Waals surface area contributed by atoms with Crippen LogP contribution in [0.5, 0.6) is 0 Å². The van der Waals surface area contributed by atoms with E-state index in [0.29, 0.717) is 11.8 Å². The van der Waals surface area contributed by atoms with Crippen molar-refractivity contribution < 1.29 is 5.11 Å². The maximum absolute atomic E-state index is 10.2. The lowest BCUT2D eigenvalue weighted by Crippen LogP contribution is -2.59. The van der Waals surface area contributed by atoms with Gasteiger partial charge in [0, 0.05) is 11.1 Å². The number of piperidine rings is 1. The van der Waals surface area contributed by atoms with Gasteiger partial charge in [0.25, 0.3) is 0 Å². The SMILES string of the molecule is C.CC(C)C(O)C1CC(C)(C)NC(C)(C)C1.CCC(C)C. The van der Waals surface area contributed by atoms with Crippen LogP contribution in [0.4, 0.5) is 0 Å². The number of rotatable bonds is 3. The minimum absolute atomic E-state index is 0. The first-order valence-corrected chi connectivity index (χ1v) is 8.37. The van der Waals surface area contributed by atoms with E-state index < -0.39 is 0 Å². The molecular weight excluding hydrogens is 258 g/mol. The minimum Gasteiger partial charge on any atom is -0.393 e. The van der Waals surface area contributed by atoms with Gasteiger partial charge in [0.1, 0.15) is 0 Å². The Morgan fingerprint density at radius 1 is 1.00 bits per heavy atom. The lowest BCUT2D eigenvalue weighted by atomic mass is 9.72. The molecule has 0 bridgehead atoms. The van der Waals surface area contributed by atoms with Crippen LogP contribution in [-0.4, -0.2) is 22.3 Å². The normalized spacial score (nSPS) is 22.3. The molecule has 130 valence electrons. The maximum Gasteiger partial charge on any atom is 0.0592 e. The molecule has 0 aromatic rings. The number of aliphatic hydroxyl groups is 1. The van der Waals surface area contributed by atoms with Crippen LogP contribution in [0.15, 0.2) is 0 Å². The van der Waals surface area contributed by atoms with Gasteiger partial charge in [0.2, 0.25) is 0 Å². The zero-order chi connectivity index (χ0) is 16.1. The van der Waals surface area contributed by atoms with E-state index in [4.69, 9.17) is 0 Å². The number of aliphatic hydroxyl groups excluding tert-OH is 1. The summed E-state index contributed by atoms with van der Waals surface area (Å²) in [6, 6.07) is 0. The van der Waals surface area contributed by atoms with Gasteiger partial charge in [-0.15, -0.1) is 0 Å². The van der Waals surface area contributed by atoms with E-state index in [9.17, 15) is 5.11 Å². The molecule has 1 aliphatic rings. The topological polar surface area (TPSA) is 32.3 Å². The van der Waals surface area contributed by atoms with Crippen LogP contribution in [0.1, 0.15) is 89.0 Å². The quantitative estimate of drug-likeness (QED) is 0.746. The third-order valence-corrected chi connectivity index (χ3v) is 4.20. The molecule has 2 heteroatoms. The molecule has 1 rings (SSSR count). The number of hydrogen-bond acceptors (Lipinski definition) is 2. The van der Waals surface area contributed by atoms with Crippen LogP contribution in [-0.2, 0) is 0 Å². The van der Waals surface area contributed by atoms with Gasteiger partial charge in [-0.2, -0.15) is 0 Å². The summed E-state index contributed by atoms with van der Waals surface area (Å²) in [4.78, 5) is 0. The number of nitrogens with one attached hydrogen (secondary N) is 1. The molecule has 1 aliphatic heterocycles. The average molecular weight is 302 g/mol. The molecule has 0 spiro atoms. The molecule has 0 saturated carbocycles. The summed E-state index contributed by atoms with van der Waals surface area (Å²) in [5, 5.41) is 13.8. The third-order valence-electron chi connectivity index (χ3n) is 4.20. The molecule has 0 aromatic heterocycles. The van der Waals surface area contributed by atoms with Crippen LogP contribution >= 0.6 is 0 Å². The Bertz CT molecular complexity index is 253. The van der Waals surface area contributed by atoms with E-state index in [-0.39, 0.29) is 24.6 Å². The second-order valence-corrected chi connectivity index (χ2v) is 8.60. The molecule has 0 aliphatic carbocycles. The fourth-order valence-electron chi connectivity index (χ4n) is 3.19. The summed E-state index contributed by atoms with van der Waals surface area (Å²) in [7, 11) is 0. The maximum atomic E-state index is 10.2. The Kier molecular flexibility index (Phi) is 10.1. The smallest absolute Gasteiger partial charge is 0.0592 e. The Hall–Kier alpha value is -0.0800. The predicted molar refractivity (Wildman–Crippen MR) is 96.7 cm³/mol. The first-order chi connectivity index (χ1) is 8.90. The van der Waals surface area contributed by atoms with E-state index in [0.717, 1.165) is 18.8 Å². The van der Waals surface area contributed by atoms with Gasteiger partial charge in [0.05, 0.1) is 6.10 Å². The molecule has 2 nitrogen and oxygen atoms in total. The summed E-state index contributed by atoms with van der Waals surface area (Å²) in [5.41, 5.74) is 0.282. The third kappa shape index (κ3) is 9.52. The van der Waals surface area contributed by atoms with Crippen LogP contribution in [0.2, 0.25) is 0 Å². The van der Waals surface area contributed by atoms with Gasteiger partial charge in [-0.05, 0) is 58.3 Å². The first kappa shape index (κ1) is 23.2. The van der Waals surface area contributed by atoms with Gasteiger partial charge in [-0.3, -0.25) is 0 Å². The summed E-state index contributed by atoms with van der Waals surface area (Å²) < 4.78 is 0. The van der Waals surface area contributed by atoms with Gasteiger partial charge in [0.15, 0.2) is 0 Å². The van der Waals surface area contributed by atoms with Crippen molar-refractivity contribution in [3.05, 3.63) is 0 Å². The van der Waals surface area contributed by atoms with Crippen molar-refractivity contribution in [1.82, 2.24) is 5.32 Å². The standard InChI is InChI=1S/C13H27NO.C5H12.CH4/c1-9(2)11(15)10-7-12(3,4)14-13(5,6)8-10;1-4-5(2)3;/h9-11,14-15H,7-8H2,1-6H3;5H,4H2,1-3H3;1H4. The summed E-state index contributed by atoms with van der Waals surface area (Å²) in [6.45, 7) is 19.8. The van der Waals surface area contributed by atoms with Crippen molar-refractivity contribution in [2.24, 2.45) is 17.8 Å². The highest BCUT2D eigenvalue weighted by Crippen LogP contribution is 2.36. The van der Waals surface area contributed by atoms with Gasteiger partial charge >= 0.3 is 0 Å². The zero-order valence-corrected chi connectivity index (χ0v) is 15.4. The zero-order valence-electron chi connectivity index (χ0n) is 15.4. The summed E-state index contributed by atoms with van der Waals surface area (Å²) in [6.07, 6.45) is 3.27. The van der Waals surface area contributed by atoms with Crippen LogP contribution in [0.3, 0.4) is 0 Å². The highest BCUT2D eigenvalue weighted by atomic mass is 16.3. The van der Waals surface area contributed by atoms with Crippen LogP contribution < -0.4 is 5.32 Å². The Balaban J connectivity index is 0. The molecule has 0 radical (unpaired) electrons. The molecule has 2 N–H and O–H groups in total. The van der Waals surface area contributed by atoms with E-state index in [2.05, 4.69) is 67.6 Å². The molecule has 1 saturated heterocycles. The highest BCUT2D eigenvalue weighted by molar-refractivity contribution is 4.98. The molecule has 1 unspecified atom stereocenters. The van der Waals surface area contributed by atoms with E-state index in [1.165, 1.54) is 6.42 Å². The molecule has 1 atom stereocenters. The van der Waals surface area contributed by atoms with Crippen molar-refractivity contribution in [3.63, 3.8) is 0 Å². The largest absolute Gasteiger partial charge is 0.393 e. The van der Waals surface area contributed by atoms with Gasteiger partial charge in [-0.25, -0.2) is 0 Å². The van der Waals surface area contributed by atoms with E-state index in [1.807, 2.05) is 0 Å². The monoisotopic (exact) mass is 301 g/mol. The number of hydrogen-bond donors (Lipinski definition) is 2. The molecule has 0 aromatic carbocycles. The fraction of sp³-hybridized carbons (Fsp3) is 1.00. The lowest BCUT2D eigenvalue weighted by molar-refractivity contribution is 0.00219. The van der Waals surface area contributed by atoms with Crippen molar-refractivity contribution in [2.45, 2.75) is 106 Å². The van der Waals surface area contributed by atoms with Crippen molar-refractivity contribution >= 4 is 0 Å². The van der Waals surface area contributed by atoms with Crippen molar-refractivity contribution in [1.29, 1.82) is 0 Å². The molecule has 21 heavy (non-hydrogen) atoms. The Morgan fingerprint density at radius 3 is 1.57 bits per heavy atom. The van der Waals surface area contributed by atoms with E-state index in [1.54, 1.807) is 0 Å². The second kappa shape index (κ2) is 9.15. The first-order valence-electron chi connectivity index (χ1n) is 8.37. The second-order valence-electron chi connectivity index (χ2n) is 8.60. The Labute approximate surface area is 135 Å². The molecule has 1 fully saturated rings. The molecule has 0 amide bonds. The fourth-order valence-corrected chi connectivity index (χ4v) is 3.19. The van der Waals surface area contributed by atoms with Crippen molar-refractivity contribution in [3.8, 4) is 0 Å². The lowest BCUT2D eigenvalue weighted by Gasteiger charge is -2.48. The highest BCUT2D eigenvalue weighted by Gasteiger charge is 2.40. The average Bonchev–Trinajstić information content (AvgIpc) is 2.24. The van der Waals surface area contributed by atoms with E-state index >= 15 is 0 Å². The molecule has 1 heterocycles. The van der Waals surface area contributed by atoms with Gasteiger partial charge < -0.3 is 10.4 Å². The van der Waals surface area contributed by atoms with Crippen molar-refractivity contribution in [2.75, 3.05) is 0 Å². The minimum atomic E-state index is -0.161.